The second-order valence-electron chi connectivity index (χ2n) is 4.16. The molecule has 0 fully saturated rings. The fourth-order valence-corrected chi connectivity index (χ4v) is 2.53. The van der Waals surface area contributed by atoms with Gasteiger partial charge in [-0.3, -0.25) is 0 Å². The maximum atomic E-state index is 6.10. The molecule has 1 atom stereocenters. The second kappa shape index (κ2) is 6.42. The van der Waals surface area contributed by atoms with Gasteiger partial charge in [0, 0.05) is 15.1 Å². The van der Waals surface area contributed by atoms with Crippen molar-refractivity contribution in [3.8, 4) is 5.75 Å². The molecule has 2 aromatic carbocycles. The highest BCUT2D eigenvalue weighted by Crippen LogP contribution is 2.32. The van der Waals surface area contributed by atoms with E-state index in [-0.39, 0.29) is 6.04 Å². The topological polar surface area (TPSA) is 21.3 Å². The molecule has 2 rings (SSSR count). The highest BCUT2D eigenvalue weighted by Gasteiger charge is 2.16. The van der Waals surface area contributed by atoms with Crippen LogP contribution < -0.4 is 10.1 Å². The average molecular weight is 341 g/mol. The number of nitrogens with one attached hydrogen (secondary N) is 1. The van der Waals surface area contributed by atoms with Gasteiger partial charge in [-0.15, -0.1) is 0 Å². The summed E-state index contributed by atoms with van der Waals surface area (Å²) in [7, 11) is 3.59. The van der Waals surface area contributed by atoms with Crippen LogP contribution in [0.3, 0.4) is 0 Å². The molecule has 0 heterocycles. The molecule has 4 heteroatoms. The zero-order valence-corrected chi connectivity index (χ0v) is 13.1. The lowest BCUT2D eigenvalue weighted by Crippen LogP contribution is -2.18. The third-order valence-electron chi connectivity index (χ3n) is 2.99. The van der Waals surface area contributed by atoms with E-state index >= 15 is 0 Å². The Hall–Kier alpha value is -1.03. The van der Waals surface area contributed by atoms with Crippen LogP contribution in [-0.2, 0) is 0 Å². The number of benzene rings is 2. The summed E-state index contributed by atoms with van der Waals surface area (Å²) in [5.74, 6) is 0.826. The summed E-state index contributed by atoms with van der Waals surface area (Å²) < 4.78 is 6.48. The number of methoxy groups -OCH3 is 1. The van der Waals surface area contributed by atoms with Gasteiger partial charge in [0.2, 0.25) is 0 Å². The molecule has 19 heavy (non-hydrogen) atoms. The molecular weight excluding hydrogens is 326 g/mol. The minimum Gasteiger partial charge on any atom is -0.496 e. The van der Waals surface area contributed by atoms with Crippen molar-refractivity contribution in [2.45, 2.75) is 6.04 Å². The zero-order valence-electron chi connectivity index (χ0n) is 10.8. The molecule has 1 N–H and O–H groups in total. The molecule has 2 aromatic rings. The van der Waals surface area contributed by atoms with E-state index in [0.717, 1.165) is 21.3 Å². The fraction of sp³-hybridized carbons (Fsp3) is 0.200. The molecule has 2 nitrogen and oxygen atoms in total. The van der Waals surface area contributed by atoms with Gasteiger partial charge in [0.15, 0.2) is 0 Å². The maximum Gasteiger partial charge on any atom is 0.124 e. The minimum atomic E-state index is 0.0433. The molecule has 0 saturated carbocycles. The van der Waals surface area contributed by atoms with E-state index in [2.05, 4.69) is 33.4 Å². The largest absolute Gasteiger partial charge is 0.496 e. The zero-order chi connectivity index (χ0) is 13.8. The maximum absolute atomic E-state index is 6.10. The predicted octanol–water partition coefficient (Wildman–Crippen LogP) is 4.42. The molecule has 0 aliphatic heterocycles. The third-order valence-corrected chi connectivity index (χ3v) is 3.76. The molecule has 0 aliphatic carbocycles. The van der Waals surface area contributed by atoms with Crippen molar-refractivity contribution in [3.63, 3.8) is 0 Å². The number of hydrogen-bond donors (Lipinski definition) is 1. The first kappa shape index (κ1) is 14.4. The van der Waals surface area contributed by atoms with Crippen molar-refractivity contribution >= 4 is 27.5 Å². The molecule has 0 aliphatic rings. The molecule has 1 unspecified atom stereocenters. The Bertz CT molecular complexity index is 557. The molecule has 0 saturated heterocycles. The molecule has 0 spiro atoms. The van der Waals surface area contributed by atoms with E-state index < -0.39 is 0 Å². The highest BCUT2D eigenvalue weighted by molar-refractivity contribution is 9.10. The number of halogens is 2. The van der Waals surface area contributed by atoms with Gasteiger partial charge < -0.3 is 10.1 Å². The Morgan fingerprint density at radius 2 is 1.84 bits per heavy atom. The first-order valence-corrected chi connectivity index (χ1v) is 7.09. The van der Waals surface area contributed by atoms with E-state index in [1.165, 1.54) is 0 Å². The van der Waals surface area contributed by atoms with Crippen molar-refractivity contribution in [2.75, 3.05) is 14.2 Å². The molecule has 100 valence electrons. The molecule has 0 amide bonds. The van der Waals surface area contributed by atoms with E-state index in [1.54, 1.807) is 7.11 Å². The summed E-state index contributed by atoms with van der Waals surface area (Å²) >= 11 is 9.54. The monoisotopic (exact) mass is 339 g/mol. The van der Waals surface area contributed by atoms with Crippen molar-refractivity contribution in [1.29, 1.82) is 0 Å². The predicted molar refractivity (Wildman–Crippen MR) is 83.0 cm³/mol. The van der Waals surface area contributed by atoms with Crippen molar-refractivity contribution in [3.05, 3.63) is 63.1 Å². The number of hydrogen-bond acceptors (Lipinski definition) is 2. The summed E-state index contributed by atoms with van der Waals surface area (Å²) in [6.07, 6.45) is 0. The molecular formula is C15H15BrClNO. The first-order valence-electron chi connectivity index (χ1n) is 5.92. The molecule has 0 radical (unpaired) electrons. The fourth-order valence-electron chi connectivity index (χ4n) is 2.09. The van der Waals surface area contributed by atoms with Crippen molar-refractivity contribution < 1.29 is 4.74 Å². The van der Waals surface area contributed by atoms with Crippen LogP contribution in [0.2, 0.25) is 5.02 Å². The van der Waals surface area contributed by atoms with Crippen LogP contribution in [0.25, 0.3) is 0 Å². The number of rotatable bonds is 4. The van der Waals surface area contributed by atoms with Crippen molar-refractivity contribution in [1.82, 2.24) is 5.32 Å². The third kappa shape index (κ3) is 3.30. The Labute approximate surface area is 126 Å². The lowest BCUT2D eigenvalue weighted by Gasteiger charge is -2.20. The van der Waals surface area contributed by atoms with Gasteiger partial charge in [0.25, 0.3) is 0 Å². The van der Waals surface area contributed by atoms with E-state index in [9.17, 15) is 0 Å². The van der Waals surface area contributed by atoms with Gasteiger partial charge in [-0.05, 0) is 42.9 Å². The van der Waals surface area contributed by atoms with E-state index in [4.69, 9.17) is 16.3 Å². The highest BCUT2D eigenvalue weighted by atomic mass is 79.9. The average Bonchev–Trinajstić information content (AvgIpc) is 2.42. The summed E-state index contributed by atoms with van der Waals surface area (Å²) in [5.41, 5.74) is 2.19. The van der Waals surface area contributed by atoms with Crippen LogP contribution in [0.1, 0.15) is 17.2 Å². The van der Waals surface area contributed by atoms with Gasteiger partial charge in [-0.2, -0.15) is 0 Å². The standard InChI is InChI=1S/C15H15BrClNO/c1-18-15(10-3-5-11(16)6-4-10)13-9-12(17)7-8-14(13)19-2/h3-9,15,18H,1-2H3. The van der Waals surface area contributed by atoms with Crippen LogP contribution in [0.4, 0.5) is 0 Å². The molecule has 0 bridgehead atoms. The van der Waals surface area contributed by atoms with E-state index in [1.807, 2.05) is 37.4 Å². The van der Waals surface area contributed by atoms with E-state index in [0.29, 0.717) is 5.02 Å². The number of ether oxygens (including phenoxy) is 1. The Morgan fingerprint density at radius 3 is 2.42 bits per heavy atom. The van der Waals surface area contributed by atoms with Crippen molar-refractivity contribution in [2.24, 2.45) is 0 Å². The van der Waals surface area contributed by atoms with Gasteiger partial charge in [0.05, 0.1) is 13.2 Å². The van der Waals surface area contributed by atoms with Crippen LogP contribution in [0.15, 0.2) is 46.9 Å². The Kier molecular flexibility index (Phi) is 4.86. The van der Waals surface area contributed by atoms with Crippen LogP contribution >= 0.6 is 27.5 Å². The SMILES string of the molecule is CNC(c1ccc(Br)cc1)c1cc(Cl)ccc1OC. The summed E-state index contributed by atoms with van der Waals surface area (Å²) in [4.78, 5) is 0. The van der Waals surface area contributed by atoms with Gasteiger partial charge in [0.1, 0.15) is 5.75 Å². The Morgan fingerprint density at radius 1 is 1.16 bits per heavy atom. The van der Waals surface area contributed by atoms with Gasteiger partial charge in [-0.1, -0.05) is 39.7 Å². The first-order chi connectivity index (χ1) is 9.15. The smallest absolute Gasteiger partial charge is 0.124 e. The normalized spacial score (nSPS) is 12.2. The van der Waals surface area contributed by atoms with Gasteiger partial charge >= 0.3 is 0 Å². The summed E-state index contributed by atoms with van der Waals surface area (Å²) in [5, 5.41) is 4.00. The van der Waals surface area contributed by atoms with Gasteiger partial charge in [-0.25, -0.2) is 0 Å². The summed E-state index contributed by atoms with van der Waals surface area (Å²) in [6, 6.07) is 13.9. The minimum absolute atomic E-state index is 0.0433. The summed E-state index contributed by atoms with van der Waals surface area (Å²) in [6.45, 7) is 0. The van der Waals surface area contributed by atoms with Crippen LogP contribution in [0.5, 0.6) is 5.75 Å². The second-order valence-corrected chi connectivity index (χ2v) is 5.51. The molecule has 0 aromatic heterocycles. The lowest BCUT2D eigenvalue weighted by molar-refractivity contribution is 0.405. The van der Waals surface area contributed by atoms with Crippen LogP contribution in [0, 0.1) is 0 Å². The quantitative estimate of drug-likeness (QED) is 0.889. The Balaban J connectivity index is 2.47. The lowest BCUT2D eigenvalue weighted by atomic mass is 9.98. The van der Waals surface area contributed by atoms with Crippen LogP contribution in [-0.4, -0.2) is 14.2 Å².